The summed E-state index contributed by atoms with van der Waals surface area (Å²) in [6, 6.07) is 7.61. The number of nitrogens with two attached hydrogens (primary N) is 1. The Hall–Kier alpha value is -1.67. The Morgan fingerprint density at radius 1 is 1.14 bits per heavy atom. The number of hydrogen-bond donors (Lipinski definition) is 3. The average Bonchev–Trinajstić information content (AvgIpc) is 3.54. The maximum absolute atomic E-state index is 13.4. The highest BCUT2D eigenvalue weighted by atomic mass is 16.5. The first-order chi connectivity index (χ1) is 17.4. The van der Waals surface area contributed by atoms with Gasteiger partial charge in [0.25, 0.3) is 0 Å². The van der Waals surface area contributed by atoms with E-state index in [1.165, 1.54) is 25.7 Å². The van der Waals surface area contributed by atoms with Crippen molar-refractivity contribution in [3.8, 4) is 5.75 Å². The molecule has 4 rings (SSSR count). The van der Waals surface area contributed by atoms with E-state index in [9.17, 15) is 15.0 Å². The third kappa shape index (κ3) is 6.42. The smallest absolute Gasteiger partial charge is 0.225 e. The maximum Gasteiger partial charge on any atom is 0.225 e. The average molecular weight is 503 g/mol. The normalized spacial score (nSPS) is 28.8. The molecule has 2 aliphatic carbocycles. The molecule has 3 fully saturated rings. The number of unbranched alkanes of at least 4 members (excludes halogenated alkanes) is 1. The Labute approximate surface area is 216 Å². The van der Waals surface area contributed by atoms with Crippen LogP contribution in [0.1, 0.15) is 76.2 Å². The standard InChI is InChI=1S/C29H46N2O5/c1-35-16-7-6-14-29(34,24-12-4-5-13-27(24)36-20-21-9-2-3-10-21)23-11-8-15-31(19-23)28(33)22-17-25(30)26(32)18-22/h4-5,12-13,21-23,25-26,32,34H,2-3,6-11,14-20,30H2,1H3/t22-,23?,25+,26-,29-/m0/s1. The molecule has 2 saturated carbocycles. The third-order valence-corrected chi connectivity index (χ3v) is 8.79. The third-order valence-electron chi connectivity index (χ3n) is 8.79. The molecule has 0 radical (unpaired) electrons. The van der Waals surface area contributed by atoms with Crippen molar-refractivity contribution in [3.05, 3.63) is 29.8 Å². The molecule has 36 heavy (non-hydrogen) atoms. The number of benzene rings is 1. The molecule has 1 saturated heterocycles. The lowest BCUT2D eigenvalue weighted by molar-refractivity contribution is -0.141. The number of likely N-dealkylation sites (tertiary alicyclic amines) is 1. The fourth-order valence-corrected chi connectivity index (χ4v) is 6.61. The molecule has 1 unspecified atom stereocenters. The van der Waals surface area contributed by atoms with E-state index in [4.69, 9.17) is 15.2 Å². The molecule has 1 aromatic carbocycles. The molecule has 0 aromatic heterocycles. The van der Waals surface area contributed by atoms with Gasteiger partial charge in [0.05, 0.1) is 18.3 Å². The number of methoxy groups -OCH3 is 1. The van der Waals surface area contributed by atoms with Gasteiger partial charge in [-0.2, -0.15) is 0 Å². The predicted octanol–water partition coefficient (Wildman–Crippen LogP) is 3.60. The van der Waals surface area contributed by atoms with Crippen molar-refractivity contribution < 1.29 is 24.5 Å². The molecule has 3 aliphatic rings. The molecule has 0 spiro atoms. The second-order valence-electron chi connectivity index (χ2n) is 11.4. The van der Waals surface area contributed by atoms with Gasteiger partial charge in [-0.15, -0.1) is 0 Å². The van der Waals surface area contributed by atoms with E-state index in [1.807, 2.05) is 29.2 Å². The summed E-state index contributed by atoms with van der Waals surface area (Å²) < 4.78 is 11.6. The molecule has 7 nitrogen and oxygen atoms in total. The number of ether oxygens (including phenoxy) is 2. The van der Waals surface area contributed by atoms with Crippen LogP contribution in [-0.2, 0) is 15.1 Å². The molecule has 1 amide bonds. The highest BCUT2D eigenvalue weighted by Gasteiger charge is 2.44. The van der Waals surface area contributed by atoms with Crippen molar-refractivity contribution in [2.24, 2.45) is 23.5 Å². The van der Waals surface area contributed by atoms with Crippen LogP contribution in [0.4, 0.5) is 0 Å². The molecular weight excluding hydrogens is 456 g/mol. The zero-order valence-corrected chi connectivity index (χ0v) is 21.9. The molecule has 1 aliphatic heterocycles. The van der Waals surface area contributed by atoms with Gasteiger partial charge in [0.2, 0.25) is 5.91 Å². The second kappa shape index (κ2) is 12.7. The Kier molecular flexibility index (Phi) is 9.67. The number of aliphatic hydroxyl groups excluding tert-OH is 1. The molecule has 0 bridgehead atoms. The maximum atomic E-state index is 13.4. The first-order valence-corrected chi connectivity index (χ1v) is 14.1. The number of aliphatic hydroxyl groups is 2. The van der Waals surface area contributed by atoms with Crippen molar-refractivity contribution in [1.29, 1.82) is 0 Å². The largest absolute Gasteiger partial charge is 0.493 e. The lowest BCUT2D eigenvalue weighted by atomic mass is 9.73. The van der Waals surface area contributed by atoms with Crippen LogP contribution < -0.4 is 10.5 Å². The van der Waals surface area contributed by atoms with Gasteiger partial charge < -0.3 is 30.3 Å². The van der Waals surface area contributed by atoms with Gasteiger partial charge in [-0.05, 0) is 69.8 Å². The van der Waals surface area contributed by atoms with Crippen molar-refractivity contribution in [1.82, 2.24) is 4.90 Å². The fourth-order valence-electron chi connectivity index (χ4n) is 6.61. The van der Waals surface area contributed by atoms with Gasteiger partial charge in [-0.25, -0.2) is 0 Å². The zero-order chi connectivity index (χ0) is 25.5. The summed E-state index contributed by atoms with van der Waals surface area (Å²) >= 11 is 0. The molecule has 7 heteroatoms. The van der Waals surface area contributed by atoms with Crippen LogP contribution in [0, 0.1) is 17.8 Å². The van der Waals surface area contributed by atoms with Crippen LogP contribution >= 0.6 is 0 Å². The molecule has 1 heterocycles. The van der Waals surface area contributed by atoms with E-state index < -0.39 is 11.7 Å². The number of nitrogens with zero attached hydrogens (tertiary/aromatic N) is 1. The highest BCUT2D eigenvalue weighted by molar-refractivity contribution is 5.79. The predicted molar refractivity (Wildman–Crippen MR) is 140 cm³/mol. The topological polar surface area (TPSA) is 105 Å². The lowest BCUT2D eigenvalue weighted by Crippen LogP contribution is -2.49. The van der Waals surface area contributed by atoms with Crippen LogP contribution in [0.2, 0.25) is 0 Å². The van der Waals surface area contributed by atoms with E-state index >= 15 is 0 Å². The summed E-state index contributed by atoms with van der Waals surface area (Å²) in [5.74, 6) is 1.11. The van der Waals surface area contributed by atoms with Crippen molar-refractivity contribution in [3.63, 3.8) is 0 Å². The first-order valence-electron chi connectivity index (χ1n) is 14.1. The molecule has 202 valence electrons. The monoisotopic (exact) mass is 502 g/mol. The van der Waals surface area contributed by atoms with Gasteiger partial charge in [0, 0.05) is 50.2 Å². The minimum atomic E-state index is -1.09. The number of amides is 1. The van der Waals surface area contributed by atoms with Gasteiger partial charge in [-0.1, -0.05) is 31.0 Å². The van der Waals surface area contributed by atoms with Gasteiger partial charge in [-0.3, -0.25) is 4.79 Å². The van der Waals surface area contributed by atoms with Crippen LogP contribution in [0.5, 0.6) is 5.75 Å². The van der Waals surface area contributed by atoms with Crippen molar-refractivity contribution in [2.45, 2.75) is 88.4 Å². The zero-order valence-electron chi connectivity index (χ0n) is 21.9. The lowest BCUT2D eigenvalue weighted by Gasteiger charge is -2.44. The number of rotatable bonds is 11. The van der Waals surface area contributed by atoms with Crippen LogP contribution in [-0.4, -0.2) is 66.6 Å². The summed E-state index contributed by atoms with van der Waals surface area (Å²) in [5, 5.41) is 22.5. The number of para-hydroxylation sites is 1. The van der Waals surface area contributed by atoms with E-state index in [0.717, 1.165) is 37.0 Å². The van der Waals surface area contributed by atoms with Crippen LogP contribution in [0.15, 0.2) is 24.3 Å². The van der Waals surface area contributed by atoms with E-state index in [0.29, 0.717) is 51.5 Å². The Bertz CT molecular complexity index is 835. The van der Waals surface area contributed by atoms with Gasteiger partial charge >= 0.3 is 0 Å². The van der Waals surface area contributed by atoms with E-state index in [2.05, 4.69) is 0 Å². The van der Waals surface area contributed by atoms with Crippen LogP contribution in [0.3, 0.4) is 0 Å². The summed E-state index contributed by atoms with van der Waals surface area (Å²) in [6.07, 6.45) is 9.32. The number of carbonyl (C=O) groups excluding carboxylic acids is 1. The number of hydrogen-bond acceptors (Lipinski definition) is 6. The molecule has 5 atom stereocenters. The minimum Gasteiger partial charge on any atom is -0.493 e. The number of carbonyl (C=O) groups is 1. The second-order valence-corrected chi connectivity index (χ2v) is 11.4. The first kappa shape index (κ1) is 27.4. The van der Waals surface area contributed by atoms with Gasteiger partial charge in [0.15, 0.2) is 0 Å². The van der Waals surface area contributed by atoms with Crippen molar-refractivity contribution >= 4 is 5.91 Å². The Morgan fingerprint density at radius 2 is 1.92 bits per heavy atom. The summed E-state index contributed by atoms with van der Waals surface area (Å²) in [5.41, 5.74) is 5.75. The SMILES string of the molecule is COCCCC[C@@](O)(c1ccccc1OCC1CCCC1)C1CCCN(C(=O)[C@H]2C[C@@H](N)[C@@H](O)C2)C1. The molecule has 4 N–H and O–H groups in total. The Balaban J connectivity index is 1.53. The number of piperidine rings is 1. The van der Waals surface area contributed by atoms with Crippen LogP contribution in [0.25, 0.3) is 0 Å². The van der Waals surface area contributed by atoms with E-state index in [1.54, 1.807) is 7.11 Å². The summed E-state index contributed by atoms with van der Waals surface area (Å²) in [4.78, 5) is 15.3. The molecule has 1 aromatic rings. The van der Waals surface area contributed by atoms with E-state index in [-0.39, 0.29) is 23.8 Å². The summed E-state index contributed by atoms with van der Waals surface area (Å²) in [7, 11) is 1.70. The fraction of sp³-hybridized carbons (Fsp3) is 0.759. The van der Waals surface area contributed by atoms with Crippen molar-refractivity contribution in [2.75, 3.05) is 33.4 Å². The minimum absolute atomic E-state index is 0.0687. The Morgan fingerprint density at radius 3 is 2.64 bits per heavy atom. The molecular formula is C29H46N2O5. The quantitative estimate of drug-likeness (QED) is 0.400. The highest BCUT2D eigenvalue weighted by Crippen LogP contribution is 2.44. The summed E-state index contributed by atoms with van der Waals surface area (Å²) in [6.45, 7) is 2.56. The van der Waals surface area contributed by atoms with Gasteiger partial charge in [0.1, 0.15) is 5.75 Å².